The van der Waals surface area contributed by atoms with Gasteiger partial charge in [-0.15, -0.1) is 0 Å². The molecule has 1 nitrogen and oxygen atoms in total. The lowest BCUT2D eigenvalue weighted by Crippen LogP contribution is -1.82. The molecule has 0 bridgehead atoms. The van der Waals surface area contributed by atoms with Gasteiger partial charge in [-0.1, -0.05) is 48.5 Å². The van der Waals surface area contributed by atoms with Gasteiger partial charge in [0.1, 0.15) is 5.75 Å². The fourth-order valence-electron chi connectivity index (χ4n) is 1.50. The highest BCUT2D eigenvalue weighted by atomic mass is 16.5. The highest BCUT2D eigenvalue weighted by Gasteiger charge is 1.96. The number of hydrogen-bond acceptors (Lipinski definition) is 1. The molecule has 0 spiro atoms. The van der Waals surface area contributed by atoms with E-state index in [0.717, 1.165) is 5.75 Å². The SMILES string of the molecule is C/C=C/Oc1ccc(-c2ccccc2)cc1. The van der Waals surface area contributed by atoms with Crippen molar-refractivity contribution in [1.29, 1.82) is 0 Å². The monoisotopic (exact) mass is 210 g/mol. The topological polar surface area (TPSA) is 9.23 Å². The number of benzene rings is 2. The van der Waals surface area contributed by atoms with E-state index >= 15 is 0 Å². The molecule has 0 fully saturated rings. The molecular formula is C15H14O. The van der Waals surface area contributed by atoms with Crippen molar-refractivity contribution in [2.75, 3.05) is 0 Å². The van der Waals surface area contributed by atoms with Crippen LogP contribution in [0, 0.1) is 0 Å². The lowest BCUT2D eigenvalue weighted by Gasteiger charge is -2.03. The summed E-state index contributed by atoms with van der Waals surface area (Å²) in [6.45, 7) is 1.93. The first-order valence-corrected chi connectivity index (χ1v) is 5.33. The van der Waals surface area contributed by atoms with Crippen LogP contribution in [0.5, 0.6) is 5.75 Å². The molecule has 2 aromatic rings. The van der Waals surface area contributed by atoms with Gasteiger partial charge >= 0.3 is 0 Å². The van der Waals surface area contributed by atoms with Gasteiger partial charge in [0.25, 0.3) is 0 Å². The summed E-state index contributed by atoms with van der Waals surface area (Å²) in [6, 6.07) is 18.4. The van der Waals surface area contributed by atoms with E-state index in [1.807, 2.05) is 43.3 Å². The van der Waals surface area contributed by atoms with Gasteiger partial charge in [-0.3, -0.25) is 0 Å². The minimum atomic E-state index is 0.859. The van der Waals surface area contributed by atoms with Gasteiger partial charge in [0.15, 0.2) is 0 Å². The molecule has 0 aliphatic rings. The maximum absolute atomic E-state index is 5.37. The Hall–Kier alpha value is -2.02. The molecule has 0 atom stereocenters. The van der Waals surface area contributed by atoms with Crippen LogP contribution in [0.2, 0.25) is 0 Å². The van der Waals surface area contributed by atoms with Crippen molar-refractivity contribution in [3.63, 3.8) is 0 Å². The van der Waals surface area contributed by atoms with E-state index in [9.17, 15) is 0 Å². The van der Waals surface area contributed by atoms with E-state index in [1.54, 1.807) is 6.26 Å². The van der Waals surface area contributed by atoms with Crippen LogP contribution < -0.4 is 4.74 Å². The third-order valence-corrected chi connectivity index (χ3v) is 2.30. The Labute approximate surface area is 96.0 Å². The molecule has 80 valence electrons. The Balaban J connectivity index is 2.20. The quantitative estimate of drug-likeness (QED) is 0.687. The summed E-state index contributed by atoms with van der Waals surface area (Å²) in [4.78, 5) is 0. The highest BCUT2D eigenvalue weighted by molar-refractivity contribution is 5.63. The van der Waals surface area contributed by atoms with Gasteiger partial charge in [0.2, 0.25) is 0 Å². The van der Waals surface area contributed by atoms with Crippen LogP contribution >= 0.6 is 0 Å². The predicted octanol–water partition coefficient (Wildman–Crippen LogP) is 4.27. The van der Waals surface area contributed by atoms with Crippen molar-refractivity contribution in [3.05, 3.63) is 66.9 Å². The second-order valence-electron chi connectivity index (χ2n) is 3.48. The first-order valence-electron chi connectivity index (χ1n) is 5.33. The average molecular weight is 210 g/mol. The summed E-state index contributed by atoms with van der Waals surface area (Å²) in [5.74, 6) is 0.859. The van der Waals surface area contributed by atoms with Crippen LogP contribution in [0.1, 0.15) is 6.92 Å². The molecule has 16 heavy (non-hydrogen) atoms. The van der Waals surface area contributed by atoms with Crippen molar-refractivity contribution in [2.45, 2.75) is 6.92 Å². The first-order chi connectivity index (χ1) is 7.90. The molecule has 0 aromatic heterocycles. The highest BCUT2D eigenvalue weighted by Crippen LogP contribution is 2.21. The number of ether oxygens (including phenoxy) is 1. The lowest BCUT2D eigenvalue weighted by molar-refractivity contribution is 0.480. The van der Waals surface area contributed by atoms with Gasteiger partial charge in [0, 0.05) is 0 Å². The predicted molar refractivity (Wildman–Crippen MR) is 67.3 cm³/mol. The number of hydrogen-bond donors (Lipinski definition) is 0. The molecule has 0 saturated carbocycles. The molecule has 0 radical (unpaired) electrons. The molecule has 0 N–H and O–H groups in total. The normalized spacial score (nSPS) is 10.6. The second kappa shape index (κ2) is 5.17. The fraction of sp³-hybridized carbons (Fsp3) is 0.0667. The van der Waals surface area contributed by atoms with Gasteiger partial charge in [-0.2, -0.15) is 0 Å². The van der Waals surface area contributed by atoms with Gasteiger partial charge in [-0.25, -0.2) is 0 Å². The standard InChI is InChI=1S/C15H14O/c1-2-12-16-15-10-8-14(9-11-15)13-6-4-3-5-7-13/h2-12H,1H3/b12-2+. The van der Waals surface area contributed by atoms with E-state index in [4.69, 9.17) is 4.74 Å². The maximum Gasteiger partial charge on any atom is 0.126 e. The molecule has 0 unspecified atom stereocenters. The molecule has 0 saturated heterocycles. The van der Waals surface area contributed by atoms with Crippen LogP contribution in [0.25, 0.3) is 11.1 Å². The molecule has 0 aliphatic carbocycles. The zero-order valence-corrected chi connectivity index (χ0v) is 9.26. The Morgan fingerprint density at radius 3 is 2.06 bits per heavy atom. The summed E-state index contributed by atoms with van der Waals surface area (Å²) < 4.78 is 5.37. The van der Waals surface area contributed by atoms with E-state index in [-0.39, 0.29) is 0 Å². The number of allylic oxidation sites excluding steroid dienone is 1. The van der Waals surface area contributed by atoms with E-state index < -0.39 is 0 Å². The van der Waals surface area contributed by atoms with E-state index in [1.165, 1.54) is 11.1 Å². The van der Waals surface area contributed by atoms with Crippen molar-refractivity contribution >= 4 is 0 Å². The Kier molecular flexibility index (Phi) is 3.39. The molecule has 2 aromatic carbocycles. The molecule has 0 amide bonds. The Morgan fingerprint density at radius 2 is 1.44 bits per heavy atom. The van der Waals surface area contributed by atoms with Crippen LogP contribution in [0.15, 0.2) is 66.9 Å². The fourth-order valence-corrected chi connectivity index (χ4v) is 1.50. The zero-order chi connectivity index (χ0) is 11.2. The third kappa shape index (κ3) is 2.51. The second-order valence-corrected chi connectivity index (χ2v) is 3.48. The van der Waals surface area contributed by atoms with Crippen molar-refractivity contribution in [3.8, 4) is 16.9 Å². The van der Waals surface area contributed by atoms with Gasteiger partial charge < -0.3 is 4.74 Å². The first kappa shape index (κ1) is 10.5. The smallest absolute Gasteiger partial charge is 0.126 e. The molecule has 0 heterocycles. The molecule has 2 rings (SSSR count). The summed E-state index contributed by atoms with van der Waals surface area (Å²) in [5.41, 5.74) is 2.42. The van der Waals surface area contributed by atoms with E-state index in [0.29, 0.717) is 0 Å². The minimum Gasteiger partial charge on any atom is -0.465 e. The van der Waals surface area contributed by atoms with E-state index in [2.05, 4.69) is 24.3 Å². The van der Waals surface area contributed by atoms with Gasteiger partial charge in [-0.05, 0) is 30.2 Å². The maximum atomic E-state index is 5.37. The van der Waals surface area contributed by atoms with Crippen LogP contribution in [0.4, 0.5) is 0 Å². The lowest BCUT2D eigenvalue weighted by atomic mass is 10.1. The minimum absolute atomic E-state index is 0.859. The summed E-state index contributed by atoms with van der Waals surface area (Å²) in [6.07, 6.45) is 3.54. The number of rotatable bonds is 3. The third-order valence-electron chi connectivity index (χ3n) is 2.30. The molecule has 0 aliphatic heterocycles. The summed E-state index contributed by atoms with van der Waals surface area (Å²) >= 11 is 0. The largest absolute Gasteiger partial charge is 0.465 e. The summed E-state index contributed by atoms with van der Waals surface area (Å²) in [5, 5.41) is 0. The van der Waals surface area contributed by atoms with Crippen molar-refractivity contribution < 1.29 is 4.74 Å². The Bertz CT molecular complexity index is 455. The zero-order valence-electron chi connectivity index (χ0n) is 9.26. The molecule has 1 heteroatoms. The Morgan fingerprint density at radius 1 is 0.812 bits per heavy atom. The van der Waals surface area contributed by atoms with Gasteiger partial charge in [0.05, 0.1) is 6.26 Å². The summed E-state index contributed by atoms with van der Waals surface area (Å²) in [7, 11) is 0. The van der Waals surface area contributed by atoms with Crippen LogP contribution in [0.3, 0.4) is 0 Å². The average Bonchev–Trinajstić information content (AvgIpc) is 2.38. The van der Waals surface area contributed by atoms with Crippen LogP contribution in [-0.4, -0.2) is 0 Å². The van der Waals surface area contributed by atoms with Crippen molar-refractivity contribution in [1.82, 2.24) is 0 Å². The van der Waals surface area contributed by atoms with Crippen LogP contribution in [-0.2, 0) is 0 Å². The molecular weight excluding hydrogens is 196 g/mol. The van der Waals surface area contributed by atoms with Crippen molar-refractivity contribution in [2.24, 2.45) is 0 Å².